The summed E-state index contributed by atoms with van der Waals surface area (Å²) < 4.78 is 5.56. The molecule has 33 heavy (non-hydrogen) atoms. The number of para-hydroxylation sites is 1. The fourth-order valence-corrected chi connectivity index (χ4v) is 4.12. The Kier molecular flexibility index (Phi) is 7.12. The summed E-state index contributed by atoms with van der Waals surface area (Å²) in [6, 6.07) is 22.0. The molecule has 3 aromatic rings. The van der Waals surface area contributed by atoms with Crippen LogP contribution in [0.1, 0.15) is 11.1 Å². The monoisotopic (exact) mass is 477 g/mol. The minimum atomic E-state index is -0.285. The van der Waals surface area contributed by atoms with Gasteiger partial charge in [-0.25, -0.2) is 4.99 Å². The first-order valence-electron chi connectivity index (χ1n) is 10.1. The highest BCUT2D eigenvalue weighted by molar-refractivity contribution is 8.18. The van der Waals surface area contributed by atoms with Crippen molar-refractivity contribution in [1.82, 2.24) is 5.32 Å². The zero-order valence-electron chi connectivity index (χ0n) is 17.7. The van der Waals surface area contributed by atoms with Crippen molar-refractivity contribution in [1.29, 1.82) is 0 Å². The topological polar surface area (TPSA) is 79.8 Å². The highest BCUT2D eigenvalue weighted by Gasteiger charge is 2.23. The molecule has 1 heterocycles. The Morgan fingerprint density at radius 1 is 1.12 bits per heavy atom. The van der Waals surface area contributed by atoms with Crippen molar-refractivity contribution in [2.75, 3.05) is 11.9 Å². The Morgan fingerprint density at radius 2 is 1.94 bits per heavy atom. The number of nitrogens with zero attached hydrogens (tertiary/aromatic N) is 1. The molecule has 0 saturated carbocycles. The number of anilines is 1. The van der Waals surface area contributed by atoms with E-state index in [0.29, 0.717) is 26.5 Å². The van der Waals surface area contributed by atoms with E-state index in [1.807, 2.05) is 61.5 Å². The summed E-state index contributed by atoms with van der Waals surface area (Å²) >= 11 is 7.59. The van der Waals surface area contributed by atoms with Crippen molar-refractivity contribution < 1.29 is 14.3 Å². The Bertz CT molecular complexity index is 1260. The van der Waals surface area contributed by atoms with E-state index >= 15 is 0 Å². The molecule has 0 spiro atoms. The molecule has 4 rings (SSSR count). The van der Waals surface area contributed by atoms with Crippen molar-refractivity contribution >= 4 is 57.8 Å². The Labute approximate surface area is 200 Å². The van der Waals surface area contributed by atoms with Gasteiger partial charge in [0.05, 0.1) is 15.6 Å². The molecule has 0 atom stereocenters. The van der Waals surface area contributed by atoms with Crippen molar-refractivity contribution in [3.8, 4) is 5.75 Å². The summed E-state index contributed by atoms with van der Waals surface area (Å²) in [4.78, 5) is 29.4. The highest BCUT2D eigenvalue weighted by atomic mass is 35.5. The van der Waals surface area contributed by atoms with E-state index < -0.39 is 0 Å². The molecule has 6 nitrogen and oxygen atoms in total. The maximum absolute atomic E-state index is 12.3. The maximum Gasteiger partial charge on any atom is 0.264 e. The van der Waals surface area contributed by atoms with Crippen molar-refractivity contribution in [2.45, 2.75) is 6.92 Å². The summed E-state index contributed by atoms with van der Waals surface area (Å²) in [6.45, 7) is 1.78. The number of nitrogens with one attached hydrogen (secondary N) is 2. The van der Waals surface area contributed by atoms with Crippen LogP contribution in [-0.4, -0.2) is 23.6 Å². The van der Waals surface area contributed by atoms with Gasteiger partial charge < -0.3 is 15.4 Å². The molecule has 0 aromatic heterocycles. The predicted molar refractivity (Wildman–Crippen MR) is 134 cm³/mol. The summed E-state index contributed by atoms with van der Waals surface area (Å²) in [7, 11) is 0. The number of halogens is 1. The van der Waals surface area contributed by atoms with Crippen LogP contribution in [0.5, 0.6) is 5.75 Å². The van der Waals surface area contributed by atoms with Gasteiger partial charge in [0.2, 0.25) is 0 Å². The predicted octanol–water partition coefficient (Wildman–Crippen LogP) is 5.56. The molecule has 1 fully saturated rings. The van der Waals surface area contributed by atoms with Gasteiger partial charge in [0, 0.05) is 5.69 Å². The fraction of sp³-hybridized carbons (Fsp3) is 0.0800. The van der Waals surface area contributed by atoms with Gasteiger partial charge in [0.25, 0.3) is 11.8 Å². The Balaban J connectivity index is 1.38. The number of hydrogen-bond donors (Lipinski definition) is 2. The summed E-state index contributed by atoms with van der Waals surface area (Å²) in [5.41, 5.74) is 3.25. The van der Waals surface area contributed by atoms with E-state index in [9.17, 15) is 9.59 Å². The second-order valence-corrected chi connectivity index (χ2v) is 8.65. The number of thioether (sulfide) groups is 1. The number of amides is 2. The van der Waals surface area contributed by atoms with Crippen LogP contribution in [0.25, 0.3) is 6.08 Å². The average Bonchev–Trinajstić information content (AvgIpc) is 3.12. The molecular weight excluding hydrogens is 458 g/mol. The smallest absolute Gasteiger partial charge is 0.264 e. The fourth-order valence-electron chi connectivity index (χ4n) is 3.04. The van der Waals surface area contributed by atoms with Crippen LogP contribution >= 0.6 is 23.4 Å². The van der Waals surface area contributed by atoms with Gasteiger partial charge in [0.15, 0.2) is 11.8 Å². The number of ether oxygens (including phenoxy) is 1. The largest absolute Gasteiger partial charge is 0.482 e. The van der Waals surface area contributed by atoms with Gasteiger partial charge in [-0.3, -0.25) is 9.59 Å². The molecule has 2 amide bonds. The van der Waals surface area contributed by atoms with Gasteiger partial charge in [-0.2, -0.15) is 0 Å². The minimum Gasteiger partial charge on any atom is -0.482 e. The summed E-state index contributed by atoms with van der Waals surface area (Å²) in [6.07, 6.45) is 1.73. The van der Waals surface area contributed by atoms with E-state index in [1.54, 1.807) is 24.3 Å². The van der Waals surface area contributed by atoms with Gasteiger partial charge in [-0.1, -0.05) is 48.0 Å². The number of benzene rings is 3. The molecule has 1 aliphatic rings. The second kappa shape index (κ2) is 10.4. The molecule has 1 aliphatic heterocycles. The Morgan fingerprint density at radius 3 is 2.70 bits per heavy atom. The number of amidine groups is 1. The number of rotatable bonds is 6. The van der Waals surface area contributed by atoms with Crippen LogP contribution < -0.4 is 15.4 Å². The molecule has 166 valence electrons. The first kappa shape index (κ1) is 22.6. The van der Waals surface area contributed by atoms with Crippen molar-refractivity contribution in [3.63, 3.8) is 0 Å². The lowest BCUT2D eigenvalue weighted by Crippen LogP contribution is -2.20. The molecule has 2 N–H and O–H groups in total. The van der Waals surface area contributed by atoms with Gasteiger partial charge >= 0.3 is 0 Å². The van der Waals surface area contributed by atoms with E-state index in [-0.39, 0.29) is 18.4 Å². The third-order valence-corrected chi connectivity index (χ3v) is 5.76. The first-order valence-corrected chi connectivity index (χ1v) is 11.3. The number of aryl methyl sites for hydroxylation is 1. The zero-order valence-corrected chi connectivity index (χ0v) is 19.2. The SMILES string of the molecule is Cc1cccc(NC(=O)COc2ccc(C=C3SC(=Nc4ccccc4)NC3=O)cc2Cl)c1. The number of hydrogen-bond acceptors (Lipinski definition) is 5. The van der Waals surface area contributed by atoms with E-state index in [2.05, 4.69) is 15.6 Å². The highest BCUT2D eigenvalue weighted by Crippen LogP contribution is 2.31. The average molecular weight is 478 g/mol. The number of aliphatic imine (C=N–C) groups is 1. The quantitative estimate of drug-likeness (QED) is 0.456. The third kappa shape index (κ3) is 6.25. The molecule has 8 heteroatoms. The molecular formula is C25H20ClN3O3S. The lowest BCUT2D eigenvalue weighted by atomic mass is 10.2. The molecule has 3 aromatic carbocycles. The molecule has 0 radical (unpaired) electrons. The standard InChI is InChI=1S/C25H20ClN3O3S/c1-16-6-5-9-19(12-16)27-23(30)15-32-21-11-10-17(13-20(21)26)14-22-24(31)29-25(33-22)28-18-7-3-2-4-8-18/h2-14H,15H2,1H3,(H,27,30)(H,28,29,31). The molecule has 0 unspecified atom stereocenters. The number of carbonyl (C=O) groups excluding carboxylic acids is 2. The lowest BCUT2D eigenvalue weighted by Gasteiger charge is -2.10. The van der Waals surface area contributed by atoms with Crippen LogP contribution in [0.4, 0.5) is 11.4 Å². The van der Waals surface area contributed by atoms with Gasteiger partial charge in [-0.05, 0) is 72.3 Å². The Hall–Kier alpha value is -3.55. The number of carbonyl (C=O) groups is 2. The summed E-state index contributed by atoms with van der Waals surface area (Å²) in [5.74, 6) is -0.126. The van der Waals surface area contributed by atoms with E-state index in [0.717, 1.165) is 16.8 Å². The van der Waals surface area contributed by atoms with E-state index in [4.69, 9.17) is 16.3 Å². The van der Waals surface area contributed by atoms with Crippen LogP contribution in [0, 0.1) is 6.92 Å². The summed E-state index contributed by atoms with van der Waals surface area (Å²) in [5, 5.41) is 6.40. The molecule has 0 aliphatic carbocycles. The molecule has 0 bridgehead atoms. The van der Waals surface area contributed by atoms with Crippen LogP contribution in [0.3, 0.4) is 0 Å². The zero-order chi connectivity index (χ0) is 23.2. The third-order valence-electron chi connectivity index (χ3n) is 4.55. The first-order chi connectivity index (χ1) is 16.0. The van der Waals surface area contributed by atoms with Crippen molar-refractivity contribution in [3.05, 3.63) is 93.9 Å². The lowest BCUT2D eigenvalue weighted by molar-refractivity contribution is -0.118. The second-order valence-electron chi connectivity index (χ2n) is 7.21. The van der Waals surface area contributed by atoms with Gasteiger partial charge in [-0.15, -0.1) is 0 Å². The van der Waals surface area contributed by atoms with Crippen molar-refractivity contribution in [2.24, 2.45) is 4.99 Å². The van der Waals surface area contributed by atoms with Crippen LogP contribution in [0.15, 0.2) is 82.7 Å². The normalized spacial score (nSPS) is 15.5. The van der Waals surface area contributed by atoms with Gasteiger partial charge in [0.1, 0.15) is 5.75 Å². The molecule has 1 saturated heterocycles. The van der Waals surface area contributed by atoms with Crippen LogP contribution in [-0.2, 0) is 9.59 Å². The van der Waals surface area contributed by atoms with Crippen LogP contribution in [0.2, 0.25) is 5.02 Å². The van der Waals surface area contributed by atoms with E-state index in [1.165, 1.54) is 11.8 Å². The maximum atomic E-state index is 12.3. The minimum absolute atomic E-state index is 0.175.